The molecule has 0 bridgehead atoms. The zero-order valence-corrected chi connectivity index (χ0v) is 14.2. The smallest absolute Gasteiger partial charge is 0.352 e. The van der Waals surface area contributed by atoms with Crippen molar-refractivity contribution in [3.63, 3.8) is 0 Å². The number of aromatic nitrogens is 1. The number of ether oxygens (including phenoxy) is 2. The molecule has 0 saturated carbocycles. The first-order valence-corrected chi connectivity index (χ1v) is 8.41. The van der Waals surface area contributed by atoms with Gasteiger partial charge in [-0.05, 0) is 43.7 Å². The molecule has 0 fully saturated rings. The minimum absolute atomic E-state index is 0.309. The van der Waals surface area contributed by atoms with Gasteiger partial charge in [0.2, 0.25) is 6.10 Å². The number of hydrogen-bond donors (Lipinski definition) is 2. The minimum atomic E-state index is -0.796. The van der Waals surface area contributed by atoms with E-state index in [1.165, 1.54) is 0 Å². The topological polar surface area (TPSA) is 77.3 Å². The molecule has 3 rings (SSSR count). The van der Waals surface area contributed by atoms with Crippen molar-refractivity contribution >= 4 is 16.9 Å². The minimum Gasteiger partial charge on any atom is -0.474 e. The van der Waals surface area contributed by atoms with Crippen molar-refractivity contribution < 1.29 is 14.3 Å². The first-order chi connectivity index (χ1) is 12.2. The van der Waals surface area contributed by atoms with E-state index >= 15 is 0 Å². The van der Waals surface area contributed by atoms with Crippen molar-refractivity contribution in [2.45, 2.75) is 19.4 Å². The van der Waals surface area contributed by atoms with E-state index in [0.717, 1.165) is 28.5 Å². The average molecular weight is 338 g/mol. The zero-order chi connectivity index (χ0) is 17.6. The molecule has 0 aliphatic rings. The molecule has 3 N–H and O–H groups in total. The summed E-state index contributed by atoms with van der Waals surface area (Å²) in [5.74, 6) is 0.220. The molecule has 0 amide bonds. The Balaban J connectivity index is 1.92. The Morgan fingerprint density at radius 3 is 2.72 bits per heavy atom. The maximum absolute atomic E-state index is 12.4. The highest BCUT2D eigenvalue weighted by atomic mass is 16.6. The number of aromatic amines is 1. The Bertz CT molecular complexity index is 843. The number of H-pyrrole nitrogens is 1. The van der Waals surface area contributed by atoms with Gasteiger partial charge in [-0.1, -0.05) is 30.3 Å². The number of esters is 1. The fourth-order valence-corrected chi connectivity index (χ4v) is 2.83. The number of hydrogen-bond acceptors (Lipinski definition) is 4. The number of nitrogens with two attached hydrogens (primary N) is 1. The Hall–Kier alpha value is -2.79. The molecule has 0 radical (unpaired) electrons. The van der Waals surface area contributed by atoms with Crippen LogP contribution in [0, 0.1) is 0 Å². The number of benzene rings is 2. The van der Waals surface area contributed by atoms with E-state index in [-0.39, 0.29) is 0 Å². The van der Waals surface area contributed by atoms with E-state index in [1.54, 1.807) is 6.92 Å². The number of nitrogens with one attached hydrogen (secondary N) is 1. The fraction of sp³-hybridized carbons (Fsp3) is 0.250. The second-order valence-electron chi connectivity index (χ2n) is 5.72. The molecule has 0 saturated heterocycles. The third-order valence-electron chi connectivity index (χ3n) is 4.01. The van der Waals surface area contributed by atoms with Crippen molar-refractivity contribution in [2.24, 2.45) is 5.73 Å². The van der Waals surface area contributed by atoms with Gasteiger partial charge < -0.3 is 20.2 Å². The quantitative estimate of drug-likeness (QED) is 0.648. The molecular formula is C20H22N2O3. The summed E-state index contributed by atoms with van der Waals surface area (Å²) in [6, 6.07) is 15.1. The molecule has 130 valence electrons. The van der Waals surface area contributed by atoms with Crippen LogP contribution in [-0.2, 0) is 16.0 Å². The molecule has 0 aliphatic heterocycles. The van der Waals surface area contributed by atoms with Gasteiger partial charge in [0.1, 0.15) is 5.75 Å². The molecule has 1 aromatic heterocycles. The molecular weight excluding hydrogens is 316 g/mol. The van der Waals surface area contributed by atoms with Gasteiger partial charge in [0.25, 0.3) is 0 Å². The van der Waals surface area contributed by atoms with Gasteiger partial charge in [-0.3, -0.25) is 0 Å². The zero-order valence-electron chi connectivity index (χ0n) is 14.2. The summed E-state index contributed by atoms with van der Waals surface area (Å²) in [4.78, 5) is 15.6. The van der Waals surface area contributed by atoms with Crippen molar-refractivity contribution in [1.82, 2.24) is 4.98 Å². The molecule has 1 unspecified atom stereocenters. The van der Waals surface area contributed by atoms with Crippen LogP contribution in [0.2, 0.25) is 0 Å². The van der Waals surface area contributed by atoms with Gasteiger partial charge >= 0.3 is 5.97 Å². The maximum atomic E-state index is 12.4. The summed E-state index contributed by atoms with van der Waals surface area (Å²) < 4.78 is 11.2. The lowest BCUT2D eigenvalue weighted by Crippen LogP contribution is -2.21. The lowest BCUT2D eigenvalue weighted by atomic mass is 10.1. The van der Waals surface area contributed by atoms with Gasteiger partial charge in [0.15, 0.2) is 0 Å². The van der Waals surface area contributed by atoms with Gasteiger partial charge in [0, 0.05) is 22.7 Å². The highest BCUT2D eigenvalue weighted by molar-refractivity contribution is 5.85. The lowest BCUT2D eigenvalue weighted by Gasteiger charge is -2.18. The van der Waals surface area contributed by atoms with Crippen LogP contribution in [0.5, 0.6) is 5.75 Å². The maximum Gasteiger partial charge on any atom is 0.352 e. The third kappa shape index (κ3) is 3.83. The summed E-state index contributed by atoms with van der Waals surface area (Å²) in [6.45, 7) is 2.67. The summed E-state index contributed by atoms with van der Waals surface area (Å²) in [6.07, 6.45) is 1.95. The molecule has 0 spiro atoms. The molecule has 3 aromatic rings. The number of carbonyl (C=O) groups is 1. The second-order valence-corrected chi connectivity index (χ2v) is 5.72. The molecule has 0 aliphatic carbocycles. The van der Waals surface area contributed by atoms with E-state index < -0.39 is 12.1 Å². The van der Waals surface area contributed by atoms with Crippen LogP contribution in [0.4, 0.5) is 0 Å². The monoisotopic (exact) mass is 338 g/mol. The molecule has 1 atom stereocenters. The van der Waals surface area contributed by atoms with Crippen LogP contribution in [0.1, 0.15) is 24.2 Å². The van der Waals surface area contributed by atoms with Gasteiger partial charge in [0.05, 0.1) is 6.61 Å². The standard InChI is InChI=1S/C20H22N2O3/c1-2-24-20(23)19(14-6-4-3-5-7-14)25-16-8-9-18-17(12-16)15(10-11-21)13-22-18/h3-9,12-13,19,22H,2,10-11,21H2,1H3. The van der Waals surface area contributed by atoms with Crippen molar-refractivity contribution in [3.05, 3.63) is 65.9 Å². The predicted molar refractivity (Wildman–Crippen MR) is 97.5 cm³/mol. The van der Waals surface area contributed by atoms with Crippen LogP contribution in [0.15, 0.2) is 54.7 Å². The number of fused-ring (bicyclic) bond motifs is 1. The van der Waals surface area contributed by atoms with Gasteiger partial charge in [-0.25, -0.2) is 4.79 Å². The normalized spacial score (nSPS) is 12.1. The molecule has 1 heterocycles. The van der Waals surface area contributed by atoms with Crippen LogP contribution in [0.25, 0.3) is 10.9 Å². The first kappa shape index (κ1) is 17.0. The SMILES string of the molecule is CCOC(=O)C(Oc1ccc2[nH]cc(CCN)c2c1)c1ccccc1. The number of rotatable bonds is 7. The summed E-state index contributed by atoms with van der Waals surface area (Å²) in [7, 11) is 0. The van der Waals surface area contributed by atoms with E-state index in [0.29, 0.717) is 18.9 Å². The van der Waals surface area contributed by atoms with Crippen molar-refractivity contribution in [1.29, 1.82) is 0 Å². The van der Waals surface area contributed by atoms with Crippen LogP contribution in [-0.4, -0.2) is 24.1 Å². The summed E-state index contributed by atoms with van der Waals surface area (Å²) in [5.41, 5.74) is 8.59. The van der Waals surface area contributed by atoms with E-state index in [4.69, 9.17) is 15.2 Å². The van der Waals surface area contributed by atoms with Gasteiger partial charge in [-0.15, -0.1) is 0 Å². The molecule has 25 heavy (non-hydrogen) atoms. The Morgan fingerprint density at radius 1 is 1.20 bits per heavy atom. The predicted octanol–water partition coefficient (Wildman–Crippen LogP) is 3.35. The van der Waals surface area contributed by atoms with Crippen LogP contribution in [0.3, 0.4) is 0 Å². The summed E-state index contributed by atoms with van der Waals surface area (Å²) in [5, 5.41) is 1.05. The molecule has 5 nitrogen and oxygen atoms in total. The Morgan fingerprint density at radius 2 is 2.00 bits per heavy atom. The first-order valence-electron chi connectivity index (χ1n) is 8.41. The Kier molecular flexibility index (Phi) is 5.36. The lowest BCUT2D eigenvalue weighted by molar-refractivity contribution is -0.151. The molecule has 5 heteroatoms. The average Bonchev–Trinajstić information content (AvgIpc) is 3.03. The number of carbonyl (C=O) groups excluding carboxylic acids is 1. The van der Waals surface area contributed by atoms with E-state index in [1.807, 2.05) is 54.7 Å². The fourth-order valence-electron chi connectivity index (χ4n) is 2.83. The van der Waals surface area contributed by atoms with Crippen molar-refractivity contribution in [3.8, 4) is 5.75 Å². The third-order valence-corrected chi connectivity index (χ3v) is 4.01. The van der Waals surface area contributed by atoms with E-state index in [9.17, 15) is 4.79 Å². The summed E-state index contributed by atoms with van der Waals surface area (Å²) >= 11 is 0. The highest BCUT2D eigenvalue weighted by Crippen LogP contribution is 2.28. The van der Waals surface area contributed by atoms with Crippen LogP contribution < -0.4 is 10.5 Å². The van der Waals surface area contributed by atoms with Gasteiger partial charge in [-0.2, -0.15) is 0 Å². The van der Waals surface area contributed by atoms with Crippen LogP contribution >= 0.6 is 0 Å². The van der Waals surface area contributed by atoms with E-state index in [2.05, 4.69) is 4.98 Å². The Labute approximate surface area is 146 Å². The highest BCUT2D eigenvalue weighted by Gasteiger charge is 2.24. The largest absolute Gasteiger partial charge is 0.474 e. The second kappa shape index (κ2) is 7.85. The molecule has 2 aromatic carbocycles. The van der Waals surface area contributed by atoms with Crippen molar-refractivity contribution in [2.75, 3.05) is 13.2 Å².